The van der Waals surface area contributed by atoms with Crippen molar-refractivity contribution in [1.29, 1.82) is 0 Å². The summed E-state index contributed by atoms with van der Waals surface area (Å²) in [6.07, 6.45) is 1.80. The lowest BCUT2D eigenvalue weighted by atomic mass is 10.0. The van der Waals surface area contributed by atoms with E-state index >= 15 is 0 Å². The van der Waals surface area contributed by atoms with Crippen molar-refractivity contribution in [2.45, 2.75) is 59.0 Å². The van der Waals surface area contributed by atoms with Crippen molar-refractivity contribution < 1.29 is 28.4 Å². The molecular weight excluding hydrogens is 408 g/mol. The molecule has 6 heteroatoms. The van der Waals surface area contributed by atoms with Gasteiger partial charge in [-0.3, -0.25) is 0 Å². The van der Waals surface area contributed by atoms with Gasteiger partial charge in [0.1, 0.15) is 6.10 Å². The second kappa shape index (κ2) is 16.0. The zero-order chi connectivity index (χ0) is 23.9. The molecule has 32 heavy (non-hydrogen) atoms. The normalized spacial score (nSPS) is 15.8. The Labute approximate surface area is 194 Å². The Bertz CT molecular complexity index is 687. The molecule has 1 aromatic rings. The van der Waals surface area contributed by atoms with Crippen molar-refractivity contribution in [2.75, 3.05) is 47.3 Å². The van der Waals surface area contributed by atoms with Crippen LogP contribution in [0.15, 0.2) is 37.1 Å². The second-order valence-electron chi connectivity index (χ2n) is 8.25. The van der Waals surface area contributed by atoms with Gasteiger partial charge in [-0.25, -0.2) is 0 Å². The summed E-state index contributed by atoms with van der Waals surface area (Å²) in [5, 5.41) is 0. The molecule has 0 aromatic heterocycles. The van der Waals surface area contributed by atoms with E-state index in [1.165, 1.54) is 0 Å². The molecule has 4 atom stereocenters. The summed E-state index contributed by atoms with van der Waals surface area (Å²) in [7, 11) is 3.33. The van der Waals surface area contributed by atoms with Gasteiger partial charge >= 0.3 is 0 Å². The number of hydrogen-bond donors (Lipinski definition) is 0. The van der Waals surface area contributed by atoms with Crippen LogP contribution in [0.4, 0.5) is 0 Å². The van der Waals surface area contributed by atoms with E-state index in [1.54, 1.807) is 20.5 Å². The number of benzene rings is 1. The van der Waals surface area contributed by atoms with E-state index in [0.29, 0.717) is 33.0 Å². The number of allylic oxidation sites excluding steroid dienone is 1. The van der Waals surface area contributed by atoms with Crippen LogP contribution in [0.3, 0.4) is 0 Å². The van der Waals surface area contributed by atoms with E-state index < -0.39 is 0 Å². The Morgan fingerprint density at radius 2 is 1.34 bits per heavy atom. The van der Waals surface area contributed by atoms with Crippen LogP contribution in [0.5, 0.6) is 0 Å². The minimum absolute atomic E-state index is 0.0282. The van der Waals surface area contributed by atoms with Crippen LogP contribution in [-0.4, -0.2) is 71.7 Å². The Morgan fingerprint density at radius 1 is 0.812 bits per heavy atom. The molecule has 0 aliphatic rings. The summed E-state index contributed by atoms with van der Waals surface area (Å²) in [5.41, 5.74) is 4.08. The third-order valence-electron chi connectivity index (χ3n) is 4.78. The van der Waals surface area contributed by atoms with Crippen molar-refractivity contribution in [3.05, 3.63) is 48.2 Å². The molecule has 0 fully saturated rings. The molecular formula is C26H42O6. The van der Waals surface area contributed by atoms with Crippen molar-refractivity contribution in [3.63, 3.8) is 0 Å². The molecule has 1 rings (SSSR count). The minimum Gasteiger partial charge on any atom is -0.496 e. The summed E-state index contributed by atoms with van der Waals surface area (Å²) in [5.74, 6) is 0. The molecule has 182 valence electrons. The highest BCUT2D eigenvalue weighted by Crippen LogP contribution is 2.21. The highest BCUT2D eigenvalue weighted by molar-refractivity contribution is 5.70. The van der Waals surface area contributed by atoms with Gasteiger partial charge in [-0.2, -0.15) is 0 Å². The molecule has 6 nitrogen and oxygen atoms in total. The molecule has 0 aliphatic heterocycles. The van der Waals surface area contributed by atoms with Crippen molar-refractivity contribution in [2.24, 2.45) is 0 Å². The Kier molecular flexibility index (Phi) is 14.2. The van der Waals surface area contributed by atoms with Crippen LogP contribution >= 0.6 is 0 Å². The van der Waals surface area contributed by atoms with Crippen LogP contribution in [0.2, 0.25) is 0 Å². The van der Waals surface area contributed by atoms with E-state index in [9.17, 15) is 0 Å². The maximum absolute atomic E-state index is 5.90. The fraction of sp³-hybridized carbons (Fsp3) is 0.615. The lowest BCUT2D eigenvalue weighted by molar-refractivity contribution is -0.0443. The molecule has 0 saturated carbocycles. The van der Waals surface area contributed by atoms with Crippen LogP contribution in [0, 0.1) is 0 Å². The number of ether oxygens (including phenoxy) is 6. The Balaban J connectivity index is 2.53. The standard InChI is InChI=1S/C26H42O6/c1-19(13-29-23(5)17-31-21(3)15-27-7)25-10-9-11-26(12-25)20(2)14-30-24(6)18-32-22(4)16-28-8/h9-12,14,21-24H,1,13,15-18H2,2-8H3/b20-14+. The Morgan fingerprint density at radius 3 is 1.94 bits per heavy atom. The smallest absolute Gasteiger partial charge is 0.118 e. The first kappa shape index (κ1) is 28.3. The number of rotatable bonds is 17. The van der Waals surface area contributed by atoms with E-state index in [0.717, 1.165) is 22.3 Å². The third-order valence-corrected chi connectivity index (χ3v) is 4.78. The minimum atomic E-state index is -0.0499. The van der Waals surface area contributed by atoms with Crippen LogP contribution in [0.25, 0.3) is 11.1 Å². The lowest BCUT2D eigenvalue weighted by Crippen LogP contribution is -2.23. The van der Waals surface area contributed by atoms with Gasteiger partial charge in [0, 0.05) is 14.2 Å². The van der Waals surface area contributed by atoms with Gasteiger partial charge in [-0.05, 0) is 63.0 Å². The number of hydrogen-bond acceptors (Lipinski definition) is 6. The highest BCUT2D eigenvalue weighted by atomic mass is 16.6. The maximum Gasteiger partial charge on any atom is 0.118 e. The molecule has 1 aromatic carbocycles. The summed E-state index contributed by atoms with van der Waals surface area (Å²) >= 11 is 0. The van der Waals surface area contributed by atoms with Gasteiger partial charge in [-0.15, -0.1) is 0 Å². The maximum atomic E-state index is 5.90. The molecule has 0 spiro atoms. The van der Waals surface area contributed by atoms with E-state index in [1.807, 2.05) is 46.8 Å². The SMILES string of the molecule is C=C(COC(C)COC(C)COC)c1cccc(/C(C)=C/OC(C)COC(C)COC)c1. The average molecular weight is 451 g/mol. The zero-order valence-electron chi connectivity index (χ0n) is 20.9. The van der Waals surface area contributed by atoms with Crippen molar-refractivity contribution >= 4 is 11.1 Å². The zero-order valence-corrected chi connectivity index (χ0v) is 20.9. The van der Waals surface area contributed by atoms with Gasteiger partial charge in [0.15, 0.2) is 0 Å². The lowest BCUT2D eigenvalue weighted by Gasteiger charge is -2.18. The first-order valence-corrected chi connectivity index (χ1v) is 11.2. The molecule has 0 bridgehead atoms. The molecule has 0 N–H and O–H groups in total. The van der Waals surface area contributed by atoms with E-state index in [2.05, 4.69) is 18.7 Å². The monoisotopic (exact) mass is 450 g/mol. The summed E-state index contributed by atoms with van der Waals surface area (Å²) in [6.45, 7) is 16.8. The van der Waals surface area contributed by atoms with Gasteiger partial charge in [-0.1, -0.05) is 24.8 Å². The first-order chi connectivity index (χ1) is 15.3. The molecule has 0 amide bonds. The van der Waals surface area contributed by atoms with Gasteiger partial charge in [0.2, 0.25) is 0 Å². The molecule has 0 aliphatic carbocycles. The molecule has 0 heterocycles. The van der Waals surface area contributed by atoms with E-state index in [4.69, 9.17) is 28.4 Å². The Hall–Kier alpha value is -1.70. The van der Waals surface area contributed by atoms with Gasteiger partial charge < -0.3 is 28.4 Å². The van der Waals surface area contributed by atoms with Crippen LogP contribution in [-0.2, 0) is 28.4 Å². The van der Waals surface area contributed by atoms with Crippen LogP contribution < -0.4 is 0 Å². The quantitative estimate of drug-likeness (QED) is 0.312. The van der Waals surface area contributed by atoms with Crippen molar-refractivity contribution in [3.8, 4) is 0 Å². The van der Waals surface area contributed by atoms with Crippen LogP contribution in [0.1, 0.15) is 45.7 Å². The predicted molar refractivity (Wildman–Crippen MR) is 130 cm³/mol. The fourth-order valence-electron chi connectivity index (χ4n) is 2.85. The predicted octanol–water partition coefficient (Wildman–Crippen LogP) is 4.97. The van der Waals surface area contributed by atoms with E-state index in [-0.39, 0.29) is 24.4 Å². The topological polar surface area (TPSA) is 55.4 Å². The van der Waals surface area contributed by atoms with Gasteiger partial charge in [0.25, 0.3) is 0 Å². The second-order valence-corrected chi connectivity index (χ2v) is 8.25. The molecule has 4 unspecified atom stereocenters. The van der Waals surface area contributed by atoms with Crippen molar-refractivity contribution in [1.82, 2.24) is 0 Å². The summed E-state index contributed by atoms with van der Waals surface area (Å²) in [4.78, 5) is 0. The molecule has 0 saturated heterocycles. The first-order valence-electron chi connectivity index (χ1n) is 11.2. The number of methoxy groups -OCH3 is 2. The molecule has 0 radical (unpaired) electrons. The average Bonchev–Trinajstić information content (AvgIpc) is 2.78. The summed E-state index contributed by atoms with van der Waals surface area (Å²) in [6, 6.07) is 8.22. The van der Waals surface area contributed by atoms with Gasteiger partial charge in [0.05, 0.1) is 57.6 Å². The highest BCUT2D eigenvalue weighted by Gasteiger charge is 2.10. The third kappa shape index (κ3) is 11.8. The largest absolute Gasteiger partial charge is 0.496 e. The summed E-state index contributed by atoms with van der Waals surface area (Å²) < 4.78 is 33.3. The fourth-order valence-corrected chi connectivity index (χ4v) is 2.85.